The minimum atomic E-state index is -0.485. The van der Waals surface area contributed by atoms with E-state index in [0.29, 0.717) is 16.8 Å². The summed E-state index contributed by atoms with van der Waals surface area (Å²) < 4.78 is 5.17. The number of fused-ring (bicyclic) bond motifs is 1. The number of hydrogen-bond acceptors (Lipinski definition) is 4. The molecule has 0 radical (unpaired) electrons. The highest BCUT2D eigenvalue weighted by molar-refractivity contribution is 6.00. The fourth-order valence-electron chi connectivity index (χ4n) is 3.10. The van der Waals surface area contributed by atoms with Crippen molar-refractivity contribution in [3.8, 4) is 0 Å². The zero-order valence-electron chi connectivity index (χ0n) is 14.7. The van der Waals surface area contributed by atoms with Crippen LogP contribution in [-0.2, 0) is 22.4 Å². The third-order valence-electron chi connectivity index (χ3n) is 4.45. The van der Waals surface area contributed by atoms with E-state index in [9.17, 15) is 14.4 Å². The average Bonchev–Trinajstić information content (AvgIpc) is 2.65. The molecule has 0 saturated carbocycles. The lowest BCUT2D eigenvalue weighted by Gasteiger charge is -2.16. The molecule has 0 bridgehead atoms. The standard InChI is InChI=1S/C21H21NO4/c1-14(23)22-19-10-8-16(9-11-19)20(24)13-26-21(25)18-7-6-15-4-2-3-5-17(15)12-18/h6-12H,2-5,13H2,1H3,(H,22,23). The van der Waals surface area contributed by atoms with Crippen LogP contribution in [0.2, 0.25) is 0 Å². The van der Waals surface area contributed by atoms with E-state index in [1.807, 2.05) is 12.1 Å². The van der Waals surface area contributed by atoms with Gasteiger partial charge in [0.2, 0.25) is 5.91 Å². The molecular formula is C21H21NO4. The van der Waals surface area contributed by atoms with E-state index in [0.717, 1.165) is 19.3 Å². The Labute approximate surface area is 152 Å². The normalized spacial score (nSPS) is 12.8. The molecule has 5 nitrogen and oxygen atoms in total. The number of amides is 1. The second-order valence-corrected chi connectivity index (χ2v) is 6.45. The van der Waals surface area contributed by atoms with E-state index in [1.54, 1.807) is 30.3 Å². The maximum atomic E-state index is 12.2. The van der Waals surface area contributed by atoms with Crippen LogP contribution in [-0.4, -0.2) is 24.3 Å². The highest BCUT2D eigenvalue weighted by Crippen LogP contribution is 2.22. The SMILES string of the molecule is CC(=O)Nc1ccc(C(=O)COC(=O)c2ccc3c(c2)CCCC3)cc1. The molecule has 3 rings (SSSR count). The molecular weight excluding hydrogens is 330 g/mol. The van der Waals surface area contributed by atoms with Gasteiger partial charge in [0.1, 0.15) is 0 Å². The van der Waals surface area contributed by atoms with E-state index < -0.39 is 5.97 Å². The fourth-order valence-corrected chi connectivity index (χ4v) is 3.10. The fraction of sp³-hybridized carbons (Fsp3) is 0.286. The van der Waals surface area contributed by atoms with E-state index in [2.05, 4.69) is 5.32 Å². The minimum Gasteiger partial charge on any atom is -0.454 e. The second kappa shape index (κ2) is 7.95. The molecule has 1 N–H and O–H groups in total. The Kier molecular flexibility index (Phi) is 5.46. The van der Waals surface area contributed by atoms with Gasteiger partial charge in [0.15, 0.2) is 12.4 Å². The summed E-state index contributed by atoms with van der Waals surface area (Å²) in [5, 5.41) is 2.63. The molecule has 0 aliphatic heterocycles. The Morgan fingerprint density at radius 2 is 1.58 bits per heavy atom. The number of ether oxygens (including phenoxy) is 1. The number of nitrogens with one attached hydrogen (secondary N) is 1. The largest absolute Gasteiger partial charge is 0.454 e. The lowest BCUT2D eigenvalue weighted by molar-refractivity contribution is -0.114. The van der Waals surface area contributed by atoms with Gasteiger partial charge in [0.25, 0.3) is 0 Å². The van der Waals surface area contributed by atoms with E-state index in [1.165, 1.54) is 24.5 Å². The molecule has 0 aromatic heterocycles. The molecule has 1 aliphatic carbocycles. The van der Waals surface area contributed by atoms with Crippen molar-refractivity contribution in [1.29, 1.82) is 0 Å². The Morgan fingerprint density at radius 1 is 0.923 bits per heavy atom. The predicted octanol–water partition coefficient (Wildman–Crippen LogP) is 3.56. The van der Waals surface area contributed by atoms with Gasteiger partial charge in [-0.1, -0.05) is 6.07 Å². The topological polar surface area (TPSA) is 72.5 Å². The van der Waals surface area contributed by atoms with Gasteiger partial charge in [0, 0.05) is 18.2 Å². The van der Waals surface area contributed by atoms with Gasteiger partial charge in [-0.15, -0.1) is 0 Å². The van der Waals surface area contributed by atoms with E-state index in [4.69, 9.17) is 4.74 Å². The van der Waals surface area contributed by atoms with Gasteiger partial charge in [-0.25, -0.2) is 4.79 Å². The summed E-state index contributed by atoms with van der Waals surface area (Å²) in [7, 11) is 0. The Hall–Kier alpha value is -2.95. The smallest absolute Gasteiger partial charge is 0.338 e. The van der Waals surface area contributed by atoms with Crippen LogP contribution in [0.25, 0.3) is 0 Å². The first-order chi connectivity index (χ1) is 12.5. The predicted molar refractivity (Wildman–Crippen MR) is 98.4 cm³/mol. The molecule has 2 aromatic carbocycles. The molecule has 0 unspecified atom stereocenters. The molecule has 0 spiro atoms. The van der Waals surface area contributed by atoms with Crippen molar-refractivity contribution in [3.63, 3.8) is 0 Å². The summed E-state index contributed by atoms with van der Waals surface area (Å²) in [6.45, 7) is 1.11. The number of carbonyl (C=O) groups excluding carboxylic acids is 3. The number of aryl methyl sites for hydroxylation is 2. The number of hydrogen-bond donors (Lipinski definition) is 1. The first-order valence-electron chi connectivity index (χ1n) is 8.73. The van der Waals surface area contributed by atoms with Gasteiger partial charge >= 0.3 is 5.97 Å². The van der Waals surface area contributed by atoms with Crippen LogP contribution in [0.1, 0.15) is 51.6 Å². The van der Waals surface area contributed by atoms with E-state index in [-0.39, 0.29) is 18.3 Å². The zero-order chi connectivity index (χ0) is 18.5. The average molecular weight is 351 g/mol. The number of Topliss-reactive ketones (excluding diaryl/α,β-unsaturated/α-hetero) is 1. The van der Waals surface area contributed by atoms with Crippen molar-refractivity contribution in [3.05, 3.63) is 64.7 Å². The Balaban J connectivity index is 1.58. The number of carbonyl (C=O) groups is 3. The highest BCUT2D eigenvalue weighted by atomic mass is 16.5. The summed E-state index contributed by atoms with van der Waals surface area (Å²) in [6, 6.07) is 12.1. The Bertz CT molecular complexity index is 840. The number of ketones is 1. The molecule has 1 amide bonds. The number of esters is 1. The van der Waals surface area contributed by atoms with E-state index >= 15 is 0 Å². The van der Waals surface area contributed by atoms with Crippen molar-refractivity contribution in [2.24, 2.45) is 0 Å². The van der Waals surface area contributed by atoms with Crippen molar-refractivity contribution in [1.82, 2.24) is 0 Å². The summed E-state index contributed by atoms with van der Waals surface area (Å²) in [6.07, 6.45) is 4.36. The maximum Gasteiger partial charge on any atom is 0.338 e. The molecule has 1 aliphatic rings. The number of anilines is 1. The molecule has 26 heavy (non-hydrogen) atoms. The molecule has 2 aromatic rings. The number of rotatable bonds is 5. The van der Waals surface area contributed by atoms with Crippen LogP contribution in [0.4, 0.5) is 5.69 Å². The molecule has 0 fully saturated rings. The first kappa shape index (κ1) is 17.9. The van der Waals surface area contributed by atoms with Gasteiger partial charge in [-0.3, -0.25) is 9.59 Å². The van der Waals surface area contributed by atoms with Crippen molar-refractivity contribution in [2.75, 3.05) is 11.9 Å². The van der Waals surface area contributed by atoms with Crippen LogP contribution >= 0.6 is 0 Å². The monoisotopic (exact) mass is 351 g/mol. The molecule has 0 heterocycles. The van der Waals surface area contributed by atoms with Crippen LogP contribution < -0.4 is 5.32 Å². The van der Waals surface area contributed by atoms with Crippen molar-refractivity contribution in [2.45, 2.75) is 32.6 Å². The molecule has 0 saturated heterocycles. The summed E-state index contributed by atoms with van der Waals surface area (Å²) >= 11 is 0. The zero-order valence-corrected chi connectivity index (χ0v) is 14.7. The van der Waals surface area contributed by atoms with Gasteiger partial charge < -0.3 is 10.1 Å². The minimum absolute atomic E-state index is 0.178. The van der Waals surface area contributed by atoms with Gasteiger partial charge in [-0.2, -0.15) is 0 Å². The molecule has 0 atom stereocenters. The van der Waals surface area contributed by atoms with Crippen LogP contribution in [0, 0.1) is 0 Å². The van der Waals surface area contributed by atoms with Crippen molar-refractivity contribution >= 4 is 23.3 Å². The Morgan fingerprint density at radius 3 is 2.27 bits per heavy atom. The van der Waals surface area contributed by atoms with Crippen molar-refractivity contribution < 1.29 is 19.1 Å². The highest BCUT2D eigenvalue weighted by Gasteiger charge is 2.15. The summed E-state index contributed by atoms with van der Waals surface area (Å²) in [4.78, 5) is 35.4. The van der Waals surface area contributed by atoms with Crippen LogP contribution in [0.3, 0.4) is 0 Å². The molecule has 5 heteroatoms. The lowest BCUT2D eigenvalue weighted by atomic mass is 9.90. The lowest BCUT2D eigenvalue weighted by Crippen LogP contribution is -2.15. The third-order valence-corrected chi connectivity index (χ3v) is 4.45. The molecule has 134 valence electrons. The summed E-state index contributed by atoms with van der Waals surface area (Å²) in [5.41, 5.74) is 4.02. The van der Waals surface area contributed by atoms with Crippen LogP contribution in [0.5, 0.6) is 0 Å². The second-order valence-electron chi connectivity index (χ2n) is 6.45. The summed E-state index contributed by atoms with van der Waals surface area (Å²) in [5.74, 6) is -0.949. The van der Waals surface area contributed by atoms with Gasteiger partial charge in [0.05, 0.1) is 5.56 Å². The maximum absolute atomic E-state index is 12.2. The third kappa shape index (κ3) is 4.36. The van der Waals surface area contributed by atoms with Gasteiger partial charge in [-0.05, 0) is 73.2 Å². The van der Waals surface area contributed by atoms with Crippen LogP contribution in [0.15, 0.2) is 42.5 Å². The first-order valence-corrected chi connectivity index (χ1v) is 8.73. The quantitative estimate of drug-likeness (QED) is 0.660. The number of benzene rings is 2.